The molecule has 0 unspecified atom stereocenters. The summed E-state index contributed by atoms with van der Waals surface area (Å²) in [5.41, 5.74) is 5.99. The normalized spacial score (nSPS) is 12.1. The van der Waals surface area contributed by atoms with E-state index in [-0.39, 0.29) is 6.61 Å². The first-order valence-corrected chi connectivity index (χ1v) is 5.27. The van der Waals surface area contributed by atoms with Crippen molar-refractivity contribution in [3.63, 3.8) is 0 Å². The molecule has 3 N–H and O–H groups in total. The van der Waals surface area contributed by atoms with Gasteiger partial charge in [-0.15, -0.1) is 0 Å². The number of aliphatic imine (C=N–C) groups is 1. The van der Waals surface area contributed by atoms with Crippen LogP contribution in [0.15, 0.2) is 15.7 Å². The van der Waals surface area contributed by atoms with Crippen LogP contribution in [0.5, 0.6) is 0 Å². The van der Waals surface area contributed by atoms with Gasteiger partial charge in [-0.2, -0.15) is 0 Å². The Morgan fingerprint density at radius 2 is 2.14 bits per heavy atom. The van der Waals surface area contributed by atoms with E-state index in [1.165, 1.54) is 6.20 Å². The number of nitrogens with zero attached hydrogens (tertiary/aromatic N) is 1. The van der Waals surface area contributed by atoms with Crippen molar-refractivity contribution in [2.45, 2.75) is 13.8 Å². The molecule has 0 aliphatic heterocycles. The second-order valence-corrected chi connectivity index (χ2v) is 2.82. The molecule has 0 aromatic heterocycles. The van der Waals surface area contributed by atoms with Crippen molar-refractivity contribution in [2.75, 3.05) is 26.9 Å². The van der Waals surface area contributed by atoms with Gasteiger partial charge in [0.15, 0.2) is 0 Å². The number of rotatable bonds is 5. The van der Waals surface area contributed by atoms with E-state index in [0.717, 1.165) is 5.71 Å². The Balaban J connectivity index is 0. The second-order valence-electron chi connectivity index (χ2n) is 1.96. The summed E-state index contributed by atoms with van der Waals surface area (Å²) in [7, 11) is 1.66. The van der Waals surface area contributed by atoms with Gasteiger partial charge >= 0.3 is 0 Å². The third-order valence-electron chi connectivity index (χ3n) is 1.17. The molecule has 0 heterocycles. The molecule has 0 amide bonds. The summed E-state index contributed by atoms with van der Waals surface area (Å²) in [5.74, 6) is 0. The number of nitrogens with two attached hydrogens (primary N) is 1. The van der Waals surface area contributed by atoms with Crippen LogP contribution in [0.2, 0.25) is 0 Å². The fourth-order valence-corrected chi connectivity index (χ4v) is 0.862. The molecule has 0 rings (SSSR count). The van der Waals surface area contributed by atoms with Gasteiger partial charge < -0.3 is 15.6 Å². The van der Waals surface area contributed by atoms with Crippen molar-refractivity contribution in [2.24, 2.45) is 10.7 Å². The third kappa shape index (κ3) is 8.22. The minimum absolute atomic E-state index is 0.0148. The molecule has 0 spiro atoms. The predicted molar refractivity (Wildman–Crippen MR) is 63.8 cm³/mol. The first-order chi connectivity index (χ1) is 6.76. The summed E-state index contributed by atoms with van der Waals surface area (Å²) >= 11 is 3.22. The lowest BCUT2D eigenvalue weighted by molar-refractivity contribution is 0.118. The van der Waals surface area contributed by atoms with Gasteiger partial charge in [-0.25, -0.2) is 0 Å². The smallest absolute Gasteiger partial charge is 0.0896 e. The zero-order chi connectivity index (χ0) is 11.4. The maximum absolute atomic E-state index is 8.43. The lowest BCUT2D eigenvalue weighted by atomic mass is 10.4. The highest BCUT2D eigenvalue weighted by Gasteiger charge is 2.01. The Morgan fingerprint density at radius 1 is 1.57 bits per heavy atom. The molecule has 0 aromatic carbocycles. The first-order valence-electron chi connectivity index (χ1n) is 4.48. The Hall–Kier alpha value is -0.390. The van der Waals surface area contributed by atoms with E-state index >= 15 is 0 Å². The first kappa shape index (κ1) is 16.1. The fraction of sp³-hybridized carbons (Fsp3) is 0.667. The Morgan fingerprint density at radius 3 is 2.50 bits per heavy atom. The molecule has 5 heteroatoms. The number of hydrogen-bond acceptors (Lipinski definition) is 4. The number of aliphatic hydroxyl groups excluding tert-OH is 1. The molecule has 0 saturated carbocycles. The van der Waals surface area contributed by atoms with Crippen molar-refractivity contribution in [3.05, 3.63) is 10.7 Å². The number of hydrogen-bond donors (Lipinski definition) is 2. The highest BCUT2D eigenvalue weighted by Crippen LogP contribution is 2.05. The predicted octanol–water partition coefficient (Wildman–Crippen LogP) is 1.29. The standard InChI is InChI=1S/C7H13BrN2O2.C2H6/c1-10-7(6(8)4-9)5-12-3-2-11;1-2/h4,11H,2-3,5,9H2,1H3;1-2H3/b6-4+,10-7?;. The highest BCUT2D eigenvalue weighted by molar-refractivity contribution is 9.12. The Kier molecular flexibility index (Phi) is 14.5. The van der Waals surface area contributed by atoms with E-state index in [1.807, 2.05) is 13.8 Å². The third-order valence-corrected chi connectivity index (χ3v) is 1.89. The second kappa shape index (κ2) is 12.6. The van der Waals surface area contributed by atoms with Gasteiger partial charge in [0.25, 0.3) is 0 Å². The minimum Gasteiger partial charge on any atom is -0.404 e. The quantitative estimate of drug-likeness (QED) is 0.582. The SMILES string of the molecule is CC.CN=C(COCCO)/C(Br)=C\N. The van der Waals surface area contributed by atoms with Crippen molar-refractivity contribution >= 4 is 21.6 Å². The van der Waals surface area contributed by atoms with Crippen LogP contribution < -0.4 is 5.73 Å². The van der Waals surface area contributed by atoms with Gasteiger partial charge in [0.05, 0.1) is 30.0 Å². The summed E-state index contributed by atoms with van der Waals surface area (Å²) in [6.07, 6.45) is 1.41. The molecule has 14 heavy (non-hydrogen) atoms. The average Bonchev–Trinajstić information content (AvgIpc) is 2.26. The van der Waals surface area contributed by atoms with Gasteiger partial charge in [-0.1, -0.05) is 13.8 Å². The van der Waals surface area contributed by atoms with Crippen LogP contribution >= 0.6 is 15.9 Å². The molecule has 0 saturated heterocycles. The van der Waals surface area contributed by atoms with Gasteiger partial charge in [-0.3, -0.25) is 4.99 Å². The van der Waals surface area contributed by atoms with E-state index in [4.69, 9.17) is 15.6 Å². The molecule has 0 aliphatic rings. The van der Waals surface area contributed by atoms with Gasteiger partial charge in [0, 0.05) is 13.2 Å². The number of ether oxygens (including phenoxy) is 1. The van der Waals surface area contributed by atoms with Gasteiger partial charge in [0.1, 0.15) is 0 Å². The summed E-state index contributed by atoms with van der Waals surface area (Å²) in [6.45, 7) is 4.68. The topological polar surface area (TPSA) is 67.8 Å². The van der Waals surface area contributed by atoms with Crippen LogP contribution in [0.1, 0.15) is 13.8 Å². The van der Waals surface area contributed by atoms with E-state index in [1.54, 1.807) is 7.05 Å². The van der Waals surface area contributed by atoms with Crippen molar-refractivity contribution in [1.29, 1.82) is 0 Å². The summed E-state index contributed by atoms with van der Waals surface area (Å²) in [6, 6.07) is 0. The molecular weight excluding hydrogens is 248 g/mol. The molecular formula is C9H19BrN2O2. The van der Waals surface area contributed by atoms with E-state index in [9.17, 15) is 0 Å². The highest BCUT2D eigenvalue weighted by atomic mass is 79.9. The van der Waals surface area contributed by atoms with E-state index in [2.05, 4.69) is 20.9 Å². The average molecular weight is 267 g/mol. The maximum Gasteiger partial charge on any atom is 0.0896 e. The van der Waals surface area contributed by atoms with Crippen molar-refractivity contribution in [1.82, 2.24) is 0 Å². The Bertz CT molecular complexity index is 182. The maximum atomic E-state index is 8.43. The molecule has 0 aromatic rings. The van der Waals surface area contributed by atoms with E-state index < -0.39 is 0 Å². The summed E-state index contributed by atoms with van der Waals surface area (Å²) in [4.78, 5) is 3.95. The van der Waals surface area contributed by atoms with Crippen LogP contribution in [-0.2, 0) is 4.74 Å². The summed E-state index contributed by atoms with van der Waals surface area (Å²) in [5, 5.41) is 8.43. The molecule has 0 radical (unpaired) electrons. The van der Waals surface area contributed by atoms with Crippen LogP contribution in [0.4, 0.5) is 0 Å². The number of aliphatic hydroxyl groups is 1. The number of halogens is 1. The van der Waals surface area contributed by atoms with Crippen LogP contribution in [0.25, 0.3) is 0 Å². The van der Waals surface area contributed by atoms with E-state index in [0.29, 0.717) is 17.7 Å². The lowest BCUT2D eigenvalue weighted by Crippen LogP contribution is -2.12. The zero-order valence-electron chi connectivity index (χ0n) is 8.96. The molecule has 0 fully saturated rings. The summed E-state index contributed by atoms with van der Waals surface area (Å²) < 4.78 is 5.76. The molecule has 0 aliphatic carbocycles. The van der Waals surface area contributed by atoms with Gasteiger partial charge in [0.2, 0.25) is 0 Å². The van der Waals surface area contributed by atoms with Crippen LogP contribution in [0.3, 0.4) is 0 Å². The minimum atomic E-state index is 0.0148. The lowest BCUT2D eigenvalue weighted by Gasteiger charge is -2.04. The molecule has 84 valence electrons. The largest absolute Gasteiger partial charge is 0.404 e. The van der Waals surface area contributed by atoms with Gasteiger partial charge in [-0.05, 0) is 15.9 Å². The fourth-order valence-electron chi connectivity index (χ4n) is 0.570. The monoisotopic (exact) mass is 266 g/mol. The Labute approximate surface area is 94.0 Å². The zero-order valence-corrected chi connectivity index (χ0v) is 10.5. The van der Waals surface area contributed by atoms with Crippen molar-refractivity contribution in [3.8, 4) is 0 Å². The molecule has 0 bridgehead atoms. The molecule has 0 atom stereocenters. The van der Waals surface area contributed by atoms with Crippen LogP contribution in [0, 0.1) is 0 Å². The molecule has 4 nitrogen and oxygen atoms in total. The van der Waals surface area contributed by atoms with Crippen molar-refractivity contribution < 1.29 is 9.84 Å². The van der Waals surface area contributed by atoms with Crippen LogP contribution in [-0.4, -0.2) is 37.7 Å².